The number of amides is 1. The number of carbonyl (C=O) groups excluding carboxylic acids is 1. The molecule has 1 aromatic carbocycles. The van der Waals surface area contributed by atoms with E-state index in [0.29, 0.717) is 30.6 Å². The van der Waals surface area contributed by atoms with Gasteiger partial charge in [0, 0.05) is 33.6 Å². The van der Waals surface area contributed by atoms with E-state index in [2.05, 4.69) is 4.98 Å². The van der Waals surface area contributed by atoms with E-state index in [4.69, 9.17) is 4.74 Å². The summed E-state index contributed by atoms with van der Waals surface area (Å²) in [7, 11) is 4.71. The maximum absolute atomic E-state index is 13.2. The van der Waals surface area contributed by atoms with Crippen LogP contribution in [0.3, 0.4) is 0 Å². The predicted molar refractivity (Wildman–Crippen MR) is 125 cm³/mol. The molecule has 1 amide bonds. The molecule has 1 aliphatic heterocycles. The molecule has 33 heavy (non-hydrogen) atoms. The van der Waals surface area contributed by atoms with Crippen molar-refractivity contribution in [2.45, 2.75) is 51.1 Å². The van der Waals surface area contributed by atoms with E-state index in [0.717, 1.165) is 48.1 Å². The van der Waals surface area contributed by atoms with E-state index >= 15 is 0 Å². The van der Waals surface area contributed by atoms with Gasteiger partial charge in [-0.3, -0.25) is 18.7 Å². The SMILES string of the molecule is COc1ccc([C@@H]2CCCCCN2C(=O)CCCn2cnc3c2c(=O)n(C)c(=O)n3C)cc1. The van der Waals surface area contributed by atoms with Gasteiger partial charge in [0.1, 0.15) is 5.75 Å². The Morgan fingerprint density at radius 1 is 1.09 bits per heavy atom. The minimum Gasteiger partial charge on any atom is -0.497 e. The van der Waals surface area contributed by atoms with Crippen molar-refractivity contribution in [3.8, 4) is 5.75 Å². The summed E-state index contributed by atoms with van der Waals surface area (Å²) < 4.78 is 9.47. The van der Waals surface area contributed by atoms with Crippen molar-refractivity contribution < 1.29 is 9.53 Å². The van der Waals surface area contributed by atoms with E-state index in [1.807, 2.05) is 29.2 Å². The lowest BCUT2D eigenvalue weighted by atomic mass is 10.00. The first kappa shape index (κ1) is 22.8. The molecule has 2 aromatic heterocycles. The number of nitrogens with zero attached hydrogens (tertiary/aromatic N) is 5. The average molecular weight is 454 g/mol. The van der Waals surface area contributed by atoms with Crippen LogP contribution < -0.4 is 16.0 Å². The number of hydrogen-bond acceptors (Lipinski definition) is 5. The van der Waals surface area contributed by atoms with Crippen LogP contribution in [0, 0.1) is 0 Å². The molecule has 0 radical (unpaired) electrons. The van der Waals surface area contributed by atoms with Crippen LogP contribution in [0.5, 0.6) is 5.75 Å². The minimum absolute atomic E-state index is 0.0711. The fraction of sp³-hybridized carbons (Fsp3) is 0.500. The number of fused-ring (bicyclic) bond motifs is 1. The van der Waals surface area contributed by atoms with Crippen molar-refractivity contribution >= 4 is 17.1 Å². The largest absolute Gasteiger partial charge is 0.497 e. The average Bonchev–Trinajstić information content (AvgIpc) is 3.09. The molecule has 1 saturated heterocycles. The molecule has 3 heterocycles. The van der Waals surface area contributed by atoms with Gasteiger partial charge in [-0.1, -0.05) is 25.0 Å². The Hall–Kier alpha value is -3.36. The Balaban J connectivity index is 1.48. The number of benzene rings is 1. The molecule has 9 nitrogen and oxygen atoms in total. The van der Waals surface area contributed by atoms with Gasteiger partial charge in [-0.2, -0.15) is 0 Å². The zero-order valence-electron chi connectivity index (χ0n) is 19.5. The Bertz CT molecular complexity index is 1250. The second-order valence-electron chi connectivity index (χ2n) is 8.64. The van der Waals surface area contributed by atoms with Gasteiger partial charge in [-0.15, -0.1) is 0 Å². The fourth-order valence-corrected chi connectivity index (χ4v) is 4.69. The quantitative estimate of drug-likeness (QED) is 0.572. The normalized spacial score (nSPS) is 16.7. The zero-order chi connectivity index (χ0) is 23.5. The van der Waals surface area contributed by atoms with Crippen molar-refractivity contribution in [1.29, 1.82) is 0 Å². The summed E-state index contributed by atoms with van der Waals surface area (Å²) in [5.74, 6) is 0.934. The van der Waals surface area contributed by atoms with Crippen LogP contribution in [-0.4, -0.2) is 43.1 Å². The van der Waals surface area contributed by atoms with Crippen molar-refractivity contribution in [3.63, 3.8) is 0 Å². The first-order valence-electron chi connectivity index (χ1n) is 11.5. The fourth-order valence-electron chi connectivity index (χ4n) is 4.69. The van der Waals surface area contributed by atoms with E-state index in [1.54, 1.807) is 25.1 Å². The second-order valence-corrected chi connectivity index (χ2v) is 8.64. The Morgan fingerprint density at radius 3 is 2.58 bits per heavy atom. The molecule has 1 fully saturated rings. The highest BCUT2D eigenvalue weighted by Gasteiger charge is 2.26. The van der Waals surface area contributed by atoms with Crippen LogP contribution in [-0.2, 0) is 25.4 Å². The maximum atomic E-state index is 13.2. The summed E-state index contributed by atoms with van der Waals surface area (Å²) in [5, 5.41) is 0. The van der Waals surface area contributed by atoms with Crippen molar-refractivity contribution in [1.82, 2.24) is 23.6 Å². The number of aromatic nitrogens is 4. The molecular weight excluding hydrogens is 422 g/mol. The highest BCUT2D eigenvalue weighted by atomic mass is 16.5. The summed E-state index contributed by atoms with van der Waals surface area (Å²) in [6.45, 7) is 1.24. The molecule has 0 unspecified atom stereocenters. The second kappa shape index (κ2) is 9.64. The summed E-state index contributed by atoms with van der Waals surface area (Å²) in [5.41, 5.74) is 1.11. The monoisotopic (exact) mass is 453 g/mol. The molecular formula is C24H31N5O4. The topological polar surface area (TPSA) is 91.4 Å². The van der Waals surface area contributed by atoms with E-state index in [1.165, 1.54) is 11.6 Å². The van der Waals surface area contributed by atoms with Crippen molar-refractivity contribution in [3.05, 3.63) is 57.0 Å². The maximum Gasteiger partial charge on any atom is 0.332 e. The molecule has 1 atom stereocenters. The summed E-state index contributed by atoms with van der Waals surface area (Å²) in [4.78, 5) is 44.2. The minimum atomic E-state index is -0.404. The lowest BCUT2D eigenvalue weighted by molar-refractivity contribution is -0.133. The van der Waals surface area contributed by atoms with Gasteiger partial charge in [0.05, 0.1) is 19.5 Å². The standard InChI is InChI=1S/C24H31N5O4/c1-26-22-21(23(31)27(2)24(26)32)28(16-25-22)14-7-9-20(30)29-15-6-4-5-8-19(29)17-10-12-18(33-3)13-11-17/h10-13,16,19H,4-9,14-15H2,1-3H3/t19-/m0/s1. The number of rotatable bonds is 6. The summed E-state index contributed by atoms with van der Waals surface area (Å²) in [6.07, 6.45) is 6.73. The lowest BCUT2D eigenvalue weighted by Crippen LogP contribution is -2.37. The number of imidazole rings is 1. The van der Waals surface area contributed by atoms with Crippen LogP contribution in [0.15, 0.2) is 40.2 Å². The van der Waals surface area contributed by atoms with Gasteiger partial charge in [0.25, 0.3) is 5.56 Å². The molecule has 0 bridgehead atoms. The predicted octanol–water partition coefficient (Wildman–Crippen LogP) is 2.37. The molecule has 0 saturated carbocycles. The van der Waals surface area contributed by atoms with Gasteiger partial charge in [-0.25, -0.2) is 9.78 Å². The van der Waals surface area contributed by atoms with E-state index < -0.39 is 5.69 Å². The van der Waals surface area contributed by atoms with E-state index in [9.17, 15) is 14.4 Å². The molecule has 0 aliphatic carbocycles. The first-order valence-corrected chi connectivity index (χ1v) is 11.5. The number of ether oxygens (including phenoxy) is 1. The molecule has 4 rings (SSSR count). The molecule has 0 N–H and O–H groups in total. The highest BCUT2D eigenvalue weighted by Crippen LogP contribution is 2.31. The van der Waals surface area contributed by atoms with Gasteiger partial charge < -0.3 is 14.2 Å². The van der Waals surface area contributed by atoms with Gasteiger partial charge in [0.15, 0.2) is 11.2 Å². The van der Waals surface area contributed by atoms with Crippen LogP contribution >= 0.6 is 0 Å². The third-order valence-corrected chi connectivity index (χ3v) is 6.58. The van der Waals surface area contributed by atoms with Gasteiger partial charge in [0.2, 0.25) is 5.91 Å². The first-order chi connectivity index (χ1) is 15.9. The van der Waals surface area contributed by atoms with Crippen molar-refractivity contribution in [2.24, 2.45) is 14.1 Å². The summed E-state index contributed by atoms with van der Waals surface area (Å²) >= 11 is 0. The Labute approximate surface area is 192 Å². The number of carbonyl (C=O) groups is 1. The van der Waals surface area contributed by atoms with Gasteiger partial charge >= 0.3 is 5.69 Å². The van der Waals surface area contributed by atoms with E-state index in [-0.39, 0.29) is 17.5 Å². The van der Waals surface area contributed by atoms with Crippen LogP contribution in [0.2, 0.25) is 0 Å². The van der Waals surface area contributed by atoms with Crippen LogP contribution in [0.25, 0.3) is 11.2 Å². The Morgan fingerprint density at radius 2 is 1.85 bits per heavy atom. The van der Waals surface area contributed by atoms with Gasteiger partial charge in [-0.05, 0) is 37.0 Å². The molecule has 0 spiro atoms. The molecule has 9 heteroatoms. The number of aryl methyl sites for hydroxylation is 2. The number of hydrogen-bond donors (Lipinski definition) is 0. The number of likely N-dealkylation sites (tertiary alicyclic amines) is 1. The molecule has 176 valence electrons. The van der Waals surface area contributed by atoms with Crippen LogP contribution in [0.1, 0.15) is 50.1 Å². The smallest absolute Gasteiger partial charge is 0.332 e. The van der Waals surface area contributed by atoms with Crippen molar-refractivity contribution in [2.75, 3.05) is 13.7 Å². The lowest BCUT2D eigenvalue weighted by Gasteiger charge is -2.31. The zero-order valence-corrected chi connectivity index (χ0v) is 19.5. The highest BCUT2D eigenvalue weighted by molar-refractivity contribution is 5.77. The third-order valence-electron chi connectivity index (χ3n) is 6.58. The number of methoxy groups -OCH3 is 1. The molecule has 1 aliphatic rings. The Kier molecular flexibility index (Phi) is 6.67. The third kappa shape index (κ3) is 4.44. The summed E-state index contributed by atoms with van der Waals surface area (Å²) in [6, 6.07) is 8.06. The van der Waals surface area contributed by atoms with Crippen LogP contribution in [0.4, 0.5) is 0 Å². The molecule has 3 aromatic rings.